The van der Waals surface area contributed by atoms with Crippen molar-refractivity contribution in [2.75, 3.05) is 0 Å². The van der Waals surface area contributed by atoms with Crippen LogP contribution in [0.1, 0.15) is 141 Å². The van der Waals surface area contributed by atoms with Gasteiger partial charge in [-0.2, -0.15) is 0 Å². The van der Waals surface area contributed by atoms with Crippen LogP contribution in [0.2, 0.25) is 0 Å². The van der Waals surface area contributed by atoms with E-state index in [2.05, 4.69) is 146 Å². The van der Waals surface area contributed by atoms with Crippen molar-refractivity contribution in [2.24, 2.45) is 32.5 Å². The minimum Gasteiger partial charge on any atom is -0.507 e. The van der Waals surface area contributed by atoms with Crippen LogP contribution in [-0.4, -0.2) is 15.2 Å². The zero-order valence-corrected chi connectivity index (χ0v) is 42.4. The molecule has 4 heteroatoms. The number of phenols is 2. The summed E-state index contributed by atoms with van der Waals surface area (Å²) >= 11 is 0. The molecule has 0 atom stereocenters. The fourth-order valence-electron chi connectivity index (χ4n) is 18.5. The van der Waals surface area contributed by atoms with E-state index in [0.29, 0.717) is 44.0 Å². The summed E-state index contributed by atoms with van der Waals surface area (Å²) in [7, 11) is 0. The summed E-state index contributed by atoms with van der Waals surface area (Å²) in [5.74, 6) is 0.906. The number of nitrogens with zero attached hydrogens (tertiary/aromatic N) is 1. The Morgan fingerprint density at radius 2 is 0.667 bits per heavy atom. The first-order chi connectivity index (χ1) is 28.2. The molecule has 0 aliphatic heterocycles. The molecule has 5 aromatic rings. The smallest absolute Gasteiger partial charge is 0.127 e. The molecular formula is C59H71NO2Zr-2. The molecule has 0 radical (unpaired) electrons. The molecule has 8 bridgehead atoms. The molecule has 8 aliphatic rings. The summed E-state index contributed by atoms with van der Waals surface area (Å²) < 4.78 is 0. The summed E-state index contributed by atoms with van der Waals surface area (Å²) in [6, 6.07) is 32.4. The van der Waals surface area contributed by atoms with Crippen LogP contribution in [-0.2, 0) is 37.0 Å². The molecule has 330 valence electrons. The molecular weight excluding hydrogens is 846 g/mol. The van der Waals surface area contributed by atoms with Gasteiger partial charge >= 0.3 is 0 Å². The molecule has 1 aromatic heterocycles. The van der Waals surface area contributed by atoms with E-state index in [1.807, 2.05) is 0 Å². The number of hydrogen-bond donors (Lipinski definition) is 2. The van der Waals surface area contributed by atoms with E-state index in [1.54, 1.807) is 0 Å². The molecule has 13 rings (SSSR count). The Morgan fingerprint density at radius 1 is 0.381 bits per heavy atom. The van der Waals surface area contributed by atoms with Gasteiger partial charge in [0.2, 0.25) is 0 Å². The molecule has 0 amide bonds. The van der Waals surface area contributed by atoms with E-state index in [0.717, 1.165) is 94.4 Å². The second-order valence-electron chi connectivity index (χ2n) is 24.5. The molecule has 3 nitrogen and oxygen atoms in total. The fraction of sp³-hybridized carbons (Fsp3) is 0.475. The van der Waals surface area contributed by atoms with Gasteiger partial charge in [-0.3, -0.25) is 0 Å². The maximum atomic E-state index is 12.6. The summed E-state index contributed by atoms with van der Waals surface area (Å²) in [5.41, 5.74) is 14.2. The molecule has 2 N–H and O–H groups in total. The fourth-order valence-corrected chi connectivity index (χ4v) is 18.5. The van der Waals surface area contributed by atoms with Crippen LogP contribution in [0.25, 0.3) is 44.8 Å². The van der Waals surface area contributed by atoms with Gasteiger partial charge in [0.05, 0.1) is 11.4 Å². The minimum atomic E-state index is -0.0144. The number of aromatic nitrogens is 1. The van der Waals surface area contributed by atoms with Gasteiger partial charge in [0.15, 0.2) is 0 Å². The average Bonchev–Trinajstić information content (AvgIpc) is 3.12. The predicted molar refractivity (Wildman–Crippen MR) is 259 cm³/mol. The molecule has 8 aliphatic carbocycles. The van der Waals surface area contributed by atoms with Gasteiger partial charge < -0.3 is 25.1 Å². The quantitative estimate of drug-likeness (QED) is 0.167. The number of aromatic hydroxyl groups is 2. The van der Waals surface area contributed by atoms with Gasteiger partial charge in [0, 0.05) is 70.4 Å². The first-order valence-corrected chi connectivity index (χ1v) is 23.1. The van der Waals surface area contributed by atoms with Gasteiger partial charge in [-0.25, -0.2) is 4.98 Å². The zero-order chi connectivity index (χ0) is 41.9. The van der Waals surface area contributed by atoms with Crippen molar-refractivity contribution in [3.63, 3.8) is 0 Å². The maximum absolute atomic E-state index is 12.6. The maximum Gasteiger partial charge on any atom is 0.127 e. The van der Waals surface area contributed by atoms with E-state index in [9.17, 15) is 10.2 Å². The number of phenolic OH excluding ortho intramolecular Hbond substituents is 2. The van der Waals surface area contributed by atoms with Crippen molar-refractivity contribution in [1.82, 2.24) is 4.98 Å². The summed E-state index contributed by atoms with van der Waals surface area (Å²) in [6.07, 6.45) is 14.7. The average molecular weight is 917 g/mol. The largest absolute Gasteiger partial charge is 0.507 e. The number of pyridine rings is 1. The van der Waals surface area contributed by atoms with Crippen LogP contribution in [0.3, 0.4) is 0 Å². The Balaban J connectivity index is 0.00000181. The summed E-state index contributed by atoms with van der Waals surface area (Å²) in [5, 5.41) is 25.2. The number of aryl methyl sites for hydroxylation is 2. The third-order valence-corrected chi connectivity index (χ3v) is 17.1. The molecule has 8 fully saturated rings. The standard InChI is InChI=1S/C57H65NO2.2CH3.Zr/c1-36-20-42(48(59)44(22-36)56-30-50(3)24-51(4,31-56)26-52(5,25-50)32-56)38-14-9-11-16-40(38)46-18-13-19-47(58-46)41-17-12-10-15-39(41)43-21-37(2)23-45(49(43)60)57-33-53(6)27-54(7,34-57)29-55(8,28-53)35-57;;;/h9-23,59-60H,24-35H2,1-8H3;2*1H3;/q;2*-1;. The molecule has 63 heavy (non-hydrogen) atoms. The van der Waals surface area contributed by atoms with Crippen molar-refractivity contribution >= 4 is 0 Å². The van der Waals surface area contributed by atoms with Gasteiger partial charge in [-0.05, 0) is 170 Å². The predicted octanol–water partition coefficient (Wildman–Crippen LogP) is 16.0. The molecule has 0 saturated heterocycles. The van der Waals surface area contributed by atoms with Gasteiger partial charge in [0.1, 0.15) is 11.5 Å². The number of benzene rings is 4. The first kappa shape index (κ1) is 46.1. The van der Waals surface area contributed by atoms with Crippen LogP contribution in [0.5, 0.6) is 11.5 Å². The van der Waals surface area contributed by atoms with Crippen molar-refractivity contribution in [1.29, 1.82) is 0 Å². The van der Waals surface area contributed by atoms with E-state index in [-0.39, 0.29) is 51.9 Å². The Morgan fingerprint density at radius 3 is 0.968 bits per heavy atom. The SMILES string of the molecule is Cc1cc(-c2ccccc2-c2cccc(-c3ccccc3-c3cc(C)cc(C45CC6(C)CC(C)(CC(C)(C6)C4)C5)c3O)n2)c(O)c(C23CC4(C)CC(C)(CC(C)(C4)C2)C3)c1.[CH3-].[CH3-].[Zr]. The van der Waals surface area contributed by atoms with Gasteiger partial charge in [-0.1, -0.05) is 108 Å². The van der Waals surface area contributed by atoms with E-state index in [1.165, 1.54) is 49.7 Å². The number of rotatable bonds is 6. The first-order valence-electron chi connectivity index (χ1n) is 23.1. The second-order valence-corrected chi connectivity index (χ2v) is 24.5. The van der Waals surface area contributed by atoms with Crippen molar-refractivity contribution in [3.05, 3.63) is 128 Å². The molecule has 0 spiro atoms. The van der Waals surface area contributed by atoms with E-state index < -0.39 is 0 Å². The topological polar surface area (TPSA) is 53.4 Å². The monoisotopic (exact) mass is 915 g/mol. The van der Waals surface area contributed by atoms with Crippen LogP contribution < -0.4 is 0 Å². The van der Waals surface area contributed by atoms with E-state index in [4.69, 9.17) is 4.98 Å². The van der Waals surface area contributed by atoms with Gasteiger partial charge in [-0.15, -0.1) is 0 Å². The second kappa shape index (κ2) is 14.8. The van der Waals surface area contributed by atoms with Crippen LogP contribution in [0.4, 0.5) is 0 Å². The minimum absolute atomic E-state index is 0. The summed E-state index contributed by atoms with van der Waals surface area (Å²) in [6.45, 7) is 19.6. The third-order valence-electron chi connectivity index (χ3n) is 17.1. The molecule has 4 aromatic carbocycles. The van der Waals surface area contributed by atoms with Crippen molar-refractivity contribution in [2.45, 2.75) is 143 Å². The Hall–Kier alpha value is -3.49. The summed E-state index contributed by atoms with van der Waals surface area (Å²) in [4.78, 5) is 5.43. The Kier molecular flexibility index (Phi) is 10.8. The normalized spacial score (nSPS) is 35.4. The van der Waals surface area contributed by atoms with Crippen LogP contribution in [0.15, 0.2) is 91.0 Å². The van der Waals surface area contributed by atoms with E-state index >= 15 is 0 Å². The Bertz CT molecular complexity index is 2350. The molecule has 0 unspecified atom stereocenters. The van der Waals surface area contributed by atoms with Crippen molar-refractivity contribution < 1.29 is 36.4 Å². The Labute approximate surface area is 399 Å². The van der Waals surface area contributed by atoms with Crippen molar-refractivity contribution in [3.8, 4) is 56.3 Å². The van der Waals surface area contributed by atoms with Crippen LogP contribution >= 0.6 is 0 Å². The molecule has 1 heterocycles. The molecule has 8 saturated carbocycles. The zero-order valence-electron chi connectivity index (χ0n) is 40.0. The van der Waals surface area contributed by atoms with Gasteiger partial charge in [0.25, 0.3) is 0 Å². The third kappa shape index (κ3) is 7.25. The number of hydrogen-bond acceptors (Lipinski definition) is 3. The van der Waals surface area contributed by atoms with Crippen LogP contribution in [0, 0.1) is 61.2 Å².